The second-order valence-corrected chi connectivity index (χ2v) is 12.2. The Morgan fingerprint density at radius 3 is 2.28 bits per heavy atom. The lowest BCUT2D eigenvalue weighted by Gasteiger charge is -2.29. The van der Waals surface area contributed by atoms with Gasteiger partial charge in [0.2, 0.25) is 5.95 Å². The highest BCUT2D eigenvalue weighted by Crippen LogP contribution is 2.55. The summed E-state index contributed by atoms with van der Waals surface area (Å²) in [6.07, 6.45) is 2.81. The molecule has 0 spiro atoms. The fourth-order valence-electron chi connectivity index (χ4n) is 5.32. The molecule has 0 radical (unpaired) electrons. The number of likely N-dealkylation sites (tertiary alicyclic amines) is 1. The van der Waals surface area contributed by atoms with E-state index in [0.717, 1.165) is 19.0 Å². The lowest BCUT2D eigenvalue weighted by atomic mass is 10.0. The zero-order valence-corrected chi connectivity index (χ0v) is 26.6. The first-order valence-corrected chi connectivity index (χ1v) is 15.2. The highest BCUT2D eigenvalue weighted by molar-refractivity contribution is 6.01. The van der Waals surface area contributed by atoms with E-state index in [1.54, 1.807) is 54.8 Å². The topological polar surface area (TPSA) is 117 Å². The number of hydrogen-bond acceptors (Lipinski definition) is 9. The molecule has 1 aromatic carbocycles. The van der Waals surface area contributed by atoms with Gasteiger partial charge in [-0.05, 0) is 71.6 Å². The van der Waals surface area contributed by atoms with Crippen molar-refractivity contribution in [3.05, 3.63) is 36.0 Å². The molecule has 2 amide bonds. The molecule has 248 valence electrons. The van der Waals surface area contributed by atoms with Gasteiger partial charge in [0, 0.05) is 32.1 Å². The minimum atomic E-state index is -5.24. The number of esters is 1. The predicted octanol–water partition coefficient (Wildman–Crippen LogP) is 5.13. The minimum absolute atomic E-state index is 0.178. The van der Waals surface area contributed by atoms with E-state index in [-0.39, 0.29) is 23.9 Å². The first kappa shape index (κ1) is 34.3. The molecule has 2 aromatic rings. The van der Waals surface area contributed by atoms with Crippen LogP contribution in [0.15, 0.2) is 30.5 Å². The number of nitrogens with one attached hydrogen (secondary N) is 1. The van der Waals surface area contributed by atoms with Crippen LogP contribution in [0.1, 0.15) is 65.4 Å². The summed E-state index contributed by atoms with van der Waals surface area (Å²) in [6, 6.07) is 6.66. The Hall–Kier alpha value is -4.54. The first-order chi connectivity index (χ1) is 21.6. The lowest BCUT2D eigenvalue weighted by molar-refractivity contribution is -0.170. The van der Waals surface area contributed by atoms with Crippen molar-refractivity contribution in [2.45, 2.75) is 77.1 Å². The molecule has 1 aliphatic heterocycles. The molecule has 2 atom stereocenters. The van der Waals surface area contributed by atoms with Gasteiger partial charge in [0.05, 0.1) is 12.7 Å². The van der Waals surface area contributed by atoms with Gasteiger partial charge in [-0.1, -0.05) is 18.1 Å². The number of halogens is 3. The molecule has 46 heavy (non-hydrogen) atoms. The fraction of sp³-hybridized carbons (Fsp3) is 0.531. The van der Waals surface area contributed by atoms with Gasteiger partial charge in [0.1, 0.15) is 22.6 Å². The molecule has 1 saturated carbocycles. The molecular weight excluding hydrogens is 605 g/mol. The molecule has 14 heteroatoms. The third-order valence-electron chi connectivity index (χ3n) is 7.75. The Bertz CT molecular complexity index is 1480. The van der Waals surface area contributed by atoms with Crippen LogP contribution in [0.5, 0.6) is 5.75 Å². The summed E-state index contributed by atoms with van der Waals surface area (Å²) < 4.78 is 52.3. The van der Waals surface area contributed by atoms with Crippen LogP contribution in [0.25, 0.3) is 0 Å². The highest BCUT2D eigenvalue weighted by Gasteiger charge is 2.63. The maximum Gasteiger partial charge on any atom is 0.471 e. The molecule has 1 unspecified atom stereocenters. The number of carbonyl (C=O) groups is 3. The number of nitrogens with zero attached hydrogens (tertiary/aromatic N) is 5. The van der Waals surface area contributed by atoms with Gasteiger partial charge >= 0.3 is 24.1 Å². The number of rotatable bonds is 10. The second-order valence-electron chi connectivity index (χ2n) is 12.2. The molecule has 11 nitrogen and oxygen atoms in total. The second kappa shape index (κ2) is 13.4. The molecule has 2 heterocycles. The van der Waals surface area contributed by atoms with Gasteiger partial charge < -0.3 is 24.6 Å². The van der Waals surface area contributed by atoms with Crippen LogP contribution in [0.2, 0.25) is 0 Å². The first-order valence-electron chi connectivity index (χ1n) is 15.2. The lowest BCUT2D eigenvalue weighted by Crippen LogP contribution is -2.44. The smallest absolute Gasteiger partial charge is 0.458 e. The maximum atomic E-state index is 13.8. The number of benzene rings is 1. The summed E-state index contributed by atoms with van der Waals surface area (Å²) in [5, 5.41) is 3.07. The summed E-state index contributed by atoms with van der Waals surface area (Å²) in [6.45, 7) is 10.3. The van der Waals surface area contributed by atoms with Gasteiger partial charge in [-0.2, -0.15) is 18.2 Å². The standard InChI is InChI=1S/C32H39F3N6O5/c1-7-16-41(26(42)32(33,34)35)24-20-36-28(39(8-2)9-3)37-25(24)38-31(27(43)46-30(4,5)6)19-23(31)21-12-14-22(15-13-21)45-29(44)40-17-10-11-18-40/h1,12-15,20,23H,8-11,16-19H2,2-6H3,(H,36,37,38)/t23?,31-/m1/s1. The van der Waals surface area contributed by atoms with Gasteiger partial charge in [0.25, 0.3) is 0 Å². The van der Waals surface area contributed by atoms with Crippen molar-refractivity contribution in [2.75, 3.05) is 47.8 Å². The maximum absolute atomic E-state index is 13.8. The van der Waals surface area contributed by atoms with Crippen molar-refractivity contribution in [1.82, 2.24) is 14.9 Å². The van der Waals surface area contributed by atoms with Crippen molar-refractivity contribution in [3.63, 3.8) is 0 Å². The van der Waals surface area contributed by atoms with Crippen molar-refractivity contribution in [2.24, 2.45) is 0 Å². The summed E-state index contributed by atoms with van der Waals surface area (Å²) in [5.74, 6) is -0.960. The molecule has 1 aromatic heterocycles. The molecule has 1 N–H and O–H groups in total. The van der Waals surface area contributed by atoms with E-state index in [1.807, 2.05) is 13.8 Å². The van der Waals surface area contributed by atoms with E-state index in [9.17, 15) is 27.6 Å². The van der Waals surface area contributed by atoms with Crippen molar-refractivity contribution in [1.29, 1.82) is 0 Å². The third kappa shape index (κ3) is 7.63. The van der Waals surface area contributed by atoms with Crippen molar-refractivity contribution >= 4 is 35.4 Å². The van der Waals surface area contributed by atoms with Crippen LogP contribution in [0.3, 0.4) is 0 Å². The van der Waals surface area contributed by atoms with E-state index in [2.05, 4.69) is 21.2 Å². The fourth-order valence-corrected chi connectivity index (χ4v) is 5.32. The monoisotopic (exact) mass is 644 g/mol. The van der Waals surface area contributed by atoms with Gasteiger partial charge in [0.15, 0.2) is 5.82 Å². The summed E-state index contributed by atoms with van der Waals surface area (Å²) in [4.78, 5) is 51.2. The van der Waals surface area contributed by atoms with Crippen LogP contribution in [-0.4, -0.2) is 82.9 Å². The minimum Gasteiger partial charge on any atom is -0.458 e. The molecule has 4 rings (SSSR count). The Kier molecular flexibility index (Phi) is 10.0. The highest BCUT2D eigenvalue weighted by atomic mass is 19.4. The van der Waals surface area contributed by atoms with Gasteiger partial charge in [-0.25, -0.2) is 14.6 Å². The van der Waals surface area contributed by atoms with E-state index in [0.29, 0.717) is 42.4 Å². The van der Waals surface area contributed by atoms with E-state index < -0.39 is 47.7 Å². The summed E-state index contributed by atoms with van der Waals surface area (Å²) >= 11 is 0. The number of aromatic nitrogens is 2. The van der Waals surface area contributed by atoms with Crippen LogP contribution in [0.4, 0.5) is 35.4 Å². The Morgan fingerprint density at radius 1 is 1.11 bits per heavy atom. The average Bonchev–Trinajstić information content (AvgIpc) is 3.44. The molecule has 1 aliphatic carbocycles. The molecule has 2 aliphatic rings. The quantitative estimate of drug-likeness (QED) is 0.278. The molecular formula is C32H39F3N6O5. The van der Waals surface area contributed by atoms with Gasteiger partial charge in [-0.3, -0.25) is 9.69 Å². The summed E-state index contributed by atoms with van der Waals surface area (Å²) in [7, 11) is 0. The predicted molar refractivity (Wildman–Crippen MR) is 166 cm³/mol. The Balaban J connectivity index is 1.73. The molecule has 2 fully saturated rings. The van der Waals surface area contributed by atoms with E-state index in [4.69, 9.17) is 15.9 Å². The third-order valence-corrected chi connectivity index (χ3v) is 7.75. The van der Waals surface area contributed by atoms with Crippen LogP contribution >= 0.6 is 0 Å². The van der Waals surface area contributed by atoms with Crippen LogP contribution in [0, 0.1) is 12.3 Å². The number of hydrogen-bond donors (Lipinski definition) is 1. The largest absolute Gasteiger partial charge is 0.471 e. The number of alkyl halides is 3. The number of carbonyl (C=O) groups excluding carboxylic acids is 3. The Labute approximate surface area is 266 Å². The SMILES string of the molecule is C#CCN(C(=O)C(F)(F)F)c1cnc(N(CC)CC)nc1N[C@]1(C(=O)OC(C)(C)C)CC1c1ccc(OC(=O)N2CCCC2)cc1. The zero-order chi connectivity index (χ0) is 33.9. The number of ether oxygens (including phenoxy) is 2. The number of terminal acetylenes is 1. The Morgan fingerprint density at radius 2 is 1.74 bits per heavy atom. The van der Waals surface area contributed by atoms with Crippen LogP contribution in [-0.2, 0) is 14.3 Å². The normalized spacial score (nSPS) is 19.2. The summed E-state index contributed by atoms with van der Waals surface area (Å²) in [5.41, 5.74) is -2.01. The van der Waals surface area contributed by atoms with Gasteiger partial charge in [-0.15, -0.1) is 6.42 Å². The zero-order valence-electron chi connectivity index (χ0n) is 26.6. The van der Waals surface area contributed by atoms with E-state index in [1.165, 1.54) is 0 Å². The molecule has 1 saturated heterocycles. The number of anilines is 3. The van der Waals surface area contributed by atoms with Crippen molar-refractivity contribution < 1.29 is 37.0 Å². The van der Waals surface area contributed by atoms with Crippen molar-refractivity contribution in [3.8, 4) is 18.1 Å². The molecule has 0 bridgehead atoms. The number of amides is 2. The van der Waals surface area contributed by atoms with Crippen LogP contribution < -0.4 is 19.9 Å². The van der Waals surface area contributed by atoms with E-state index >= 15 is 0 Å². The average molecular weight is 645 g/mol.